The predicted molar refractivity (Wildman–Crippen MR) is 48.0 cm³/mol. The van der Waals surface area contributed by atoms with E-state index in [1.165, 1.54) is 0 Å². The molecule has 1 aliphatic rings. The highest BCUT2D eigenvalue weighted by Gasteiger charge is 2.48. The van der Waals surface area contributed by atoms with Gasteiger partial charge < -0.3 is 30.3 Å². The molecular formula is C6H13NO8S. The number of hydrogen-bond acceptors (Lipinski definition) is 8. The fraction of sp³-hybridized carbons (Fsp3) is 1.00. The van der Waals surface area contributed by atoms with Crippen molar-refractivity contribution in [3.05, 3.63) is 0 Å². The minimum Gasteiger partial charge on any atom is -0.387 e. The highest BCUT2D eigenvalue weighted by atomic mass is 32.2. The third kappa shape index (κ3) is 2.49. The van der Waals surface area contributed by atoms with Gasteiger partial charge in [-0.1, -0.05) is 0 Å². The number of nitrogens with two attached hydrogens (primary N) is 1. The van der Waals surface area contributed by atoms with E-state index in [9.17, 15) is 23.7 Å². The van der Waals surface area contributed by atoms with Crippen LogP contribution >= 0.6 is 0 Å². The summed E-state index contributed by atoms with van der Waals surface area (Å²) in [4.78, 5) is 0. The summed E-state index contributed by atoms with van der Waals surface area (Å²) in [7, 11) is -4.43. The zero-order chi connectivity index (χ0) is 12.7. The molecule has 9 nitrogen and oxygen atoms in total. The van der Waals surface area contributed by atoms with E-state index in [2.05, 4.69) is 9.88 Å². The second kappa shape index (κ2) is 4.50. The minimum absolute atomic E-state index is 1.81. The topological polar surface area (TPSA) is 171 Å². The molecule has 1 rings (SSSR count). The van der Waals surface area contributed by atoms with Gasteiger partial charge in [-0.3, -0.25) is 0 Å². The van der Waals surface area contributed by atoms with Gasteiger partial charge in [0, 0.05) is 0 Å². The first-order valence-electron chi connectivity index (χ1n) is 4.23. The van der Waals surface area contributed by atoms with Gasteiger partial charge in [0.05, 0.1) is 0 Å². The average Bonchev–Trinajstić information content (AvgIpc) is 2.18. The van der Waals surface area contributed by atoms with Gasteiger partial charge in [0.15, 0.2) is 11.7 Å². The quantitative estimate of drug-likeness (QED) is 0.287. The van der Waals surface area contributed by atoms with Crippen LogP contribution in [0.2, 0.25) is 0 Å². The fourth-order valence-electron chi connectivity index (χ4n) is 1.31. The fourth-order valence-corrected chi connectivity index (χ4v) is 1.91. The van der Waals surface area contributed by atoms with Crippen molar-refractivity contribution >= 4 is 10.0 Å². The lowest BCUT2D eigenvalue weighted by Gasteiger charge is -2.39. The monoisotopic (exact) mass is 259 g/mol. The number of rotatable bonds is 2. The van der Waals surface area contributed by atoms with Crippen molar-refractivity contribution in [2.75, 3.05) is 0 Å². The first kappa shape index (κ1) is 13.7. The van der Waals surface area contributed by atoms with E-state index in [0.717, 1.165) is 0 Å². The molecule has 1 aliphatic heterocycles. The molecule has 10 heteroatoms. The van der Waals surface area contributed by atoms with Gasteiger partial charge in [-0.2, -0.15) is 0 Å². The molecule has 1 fully saturated rings. The first-order chi connectivity index (χ1) is 7.16. The molecule has 0 aliphatic carbocycles. The second-order valence-electron chi connectivity index (χ2n) is 3.44. The summed E-state index contributed by atoms with van der Waals surface area (Å²) in [6.07, 6.45) is -9.33. The van der Waals surface area contributed by atoms with Crippen molar-refractivity contribution in [2.24, 2.45) is 5.14 Å². The zero-order valence-corrected chi connectivity index (χ0v) is 8.73. The number of aliphatic hydroxyl groups excluding tert-OH is 5. The zero-order valence-electron chi connectivity index (χ0n) is 7.91. The van der Waals surface area contributed by atoms with Crippen LogP contribution in [0.4, 0.5) is 0 Å². The van der Waals surface area contributed by atoms with E-state index in [1.807, 2.05) is 0 Å². The van der Waals surface area contributed by atoms with E-state index < -0.39 is 46.2 Å². The smallest absolute Gasteiger partial charge is 0.238 e. The number of aliphatic hydroxyl groups is 5. The highest BCUT2D eigenvalue weighted by molar-refractivity contribution is 7.89. The second-order valence-corrected chi connectivity index (χ2v) is 5.10. The number of ether oxygens (including phenoxy) is 1. The lowest BCUT2D eigenvalue weighted by Crippen LogP contribution is -2.62. The van der Waals surface area contributed by atoms with Gasteiger partial charge in [-0.05, 0) is 0 Å². The van der Waals surface area contributed by atoms with Crippen molar-refractivity contribution in [3.8, 4) is 0 Å². The molecule has 1 unspecified atom stereocenters. The van der Waals surface area contributed by atoms with Crippen LogP contribution < -0.4 is 5.14 Å². The van der Waals surface area contributed by atoms with Gasteiger partial charge in [0.2, 0.25) is 10.0 Å². The summed E-state index contributed by atoms with van der Waals surface area (Å²) in [5.41, 5.74) is -2.32. The van der Waals surface area contributed by atoms with Crippen molar-refractivity contribution in [2.45, 2.75) is 36.1 Å². The van der Waals surface area contributed by atoms with Crippen LogP contribution in [0.15, 0.2) is 0 Å². The van der Waals surface area contributed by atoms with Crippen LogP contribution in [-0.2, 0) is 14.8 Å². The lowest BCUT2D eigenvalue weighted by atomic mass is 9.99. The summed E-state index contributed by atoms with van der Waals surface area (Å²) >= 11 is 0. The van der Waals surface area contributed by atoms with Crippen LogP contribution in [0.1, 0.15) is 0 Å². The van der Waals surface area contributed by atoms with E-state index >= 15 is 0 Å². The maximum Gasteiger partial charge on any atom is 0.238 e. The highest BCUT2D eigenvalue weighted by Crippen LogP contribution is 2.23. The molecule has 6 atom stereocenters. The summed E-state index contributed by atoms with van der Waals surface area (Å²) in [5, 5.41) is 50.5. The predicted octanol–water partition coefficient (Wildman–Crippen LogP) is -4.61. The maximum atomic E-state index is 10.8. The van der Waals surface area contributed by atoms with E-state index in [4.69, 9.17) is 10.2 Å². The van der Waals surface area contributed by atoms with Gasteiger partial charge in [0.1, 0.15) is 24.4 Å². The Balaban J connectivity index is 2.90. The molecule has 0 amide bonds. The molecule has 0 spiro atoms. The molecule has 0 aromatic rings. The molecule has 1 saturated heterocycles. The van der Waals surface area contributed by atoms with Gasteiger partial charge in [0.25, 0.3) is 0 Å². The van der Waals surface area contributed by atoms with Gasteiger partial charge >= 0.3 is 0 Å². The number of hydrogen-bond donors (Lipinski definition) is 6. The standard InChI is InChI=1S/C6H13NO8S/c7-16(13,14)6(12)4-2(9)1(8)3(10)5(11)15-4/h1-6,8-12H,(H2,7,13,14)/t1-,2-,3-,4-,5+,6?/m0/s1. The average molecular weight is 259 g/mol. The normalized spacial score (nSPS) is 43.0. The molecule has 0 aromatic carbocycles. The molecule has 0 aromatic heterocycles. The van der Waals surface area contributed by atoms with Crippen LogP contribution in [0.3, 0.4) is 0 Å². The molecule has 0 saturated carbocycles. The molecule has 16 heavy (non-hydrogen) atoms. The van der Waals surface area contributed by atoms with Crippen LogP contribution in [0, 0.1) is 0 Å². The van der Waals surface area contributed by atoms with Crippen LogP contribution in [-0.4, -0.2) is 70.1 Å². The Kier molecular flexibility index (Phi) is 3.87. The summed E-state index contributed by atoms with van der Waals surface area (Å²) in [6, 6.07) is 0. The molecule has 96 valence electrons. The molecule has 0 radical (unpaired) electrons. The van der Waals surface area contributed by atoms with E-state index in [0.29, 0.717) is 0 Å². The number of sulfonamides is 1. The number of primary sulfonamides is 1. The van der Waals surface area contributed by atoms with Crippen molar-refractivity contribution in [1.29, 1.82) is 0 Å². The Hall–Kier alpha value is -0.330. The Morgan fingerprint density at radius 1 is 1.06 bits per heavy atom. The van der Waals surface area contributed by atoms with Crippen molar-refractivity contribution in [1.82, 2.24) is 0 Å². The third-order valence-corrected chi connectivity index (χ3v) is 3.18. The summed E-state index contributed by atoms with van der Waals surface area (Å²) in [5.74, 6) is 0. The largest absolute Gasteiger partial charge is 0.387 e. The van der Waals surface area contributed by atoms with E-state index in [1.54, 1.807) is 0 Å². The third-order valence-electron chi connectivity index (χ3n) is 2.24. The molecule has 1 heterocycles. The molecular weight excluding hydrogens is 246 g/mol. The van der Waals surface area contributed by atoms with Crippen molar-refractivity contribution < 1.29 is 38.7 Å². The van der Waals surface area contributed by atoms with Crippen LogP contribution in [0.5, 0.6) is 0 Å². The summed E-state index contributed by atoms with van der Waals surface area (Å²) in [6.45, 7) is 0. The maximum absolute atomic E-state index is 10.8. The Morgan fingerprint density at radius 2 is 1.56 bits per heavy atom. The summed E-state index contributed by atoms with van der Waals surface area (Å²) < 4.78 is 26.0. The molecule has 7 N–H and O–H groups in total. The van der Waals surface area contributed by atoms with E-state index in [-0.39, 0.29) is 0 Å². The molecule has 0 bridgehead atoms. The van der Waals surface area contributed by atoms with Gasteiger partial charge in [-0.15, -0.1) is 0 Å². The van der Waals surface area contributed by atoms with Crippen LogP contribution in [0.25, 0.3) is 0 Å². The Bertz CT molecular complexity index is 344. The lowest BCUT2D eigenvalue weighted by molar-refractivity contribution is -0.290. The SMILES string of the molecule is NS(=O)(=O)C(O)[C@H]1O[C@@H](O)[C@@H](O)[C@@H](O)[C@@H]1O. The first-order valence-corrected chi connectivity index (χ1v) is 5.84. The Morgan fingerprint density at radius 3 is 2.00 bits per heavy atom. The minimum atomic E-state index is -4.43. The Labute approximate surface area is 90.7 Å². The van der Waals surface area contributed by atoms with Crippen molar-refractivity contribution in [3.63, 3.8) is 0 Å². The van der Waals surface area contributed by atoms with Gasteiger partial charge in [-0.25, -0.2) is 13.6 Å².